The molecule has 3 rings (SSSR count). The maximum Gasteiger partial charge on any atom is 0.266 e. The van der Waals surface area contributed by atoms with Gasteiger partial charge >= 0.3 is 0 Å². The maximum atomic E-state index is 12.3. The minimum atomic E-state index is -3.68. The van der Waals surface area contributed by atoms with Crippen LogP contribution < -0.4 is 4.72 Å². The summed E-state index contributed by atoms with van der Waals surface area (Å²) in [6.45, 7) is 4.14. The lowest BCUT2D eigenvalue weighted by molar-refractivity contribution is 0.0411. The van der Waals surface area contributed by atoms with Crippen LogP contribution in [0.3, 0.4) is 0 Å². The second-order valence-corrected chi connectivity index (χ2v) is 7.20. The number of hydrogen-bond acceptors (Lipinski definition) is 4. The van der Waals surface area contributed by atoms with Gasteiger partial charge in [0.2, 0.25) is 10.0 Å². The average Bonchev–Trinajstić information content (AvgIpc) is 2.62. The predicted octanol–water partition coefficient (Wildman–Crippen LogP) is 1.24. The third kappa shape index (κ3) is 2.32. The molecule has 0 atom stereocenters. The van der Waals surface area contributed by atoms with E-state index in [0.29, 0.717) is 11.1 Å². The van der Waals surface area contributed by atoms with E-state index >= 15 is 0 Å². The Hall–Kier alpha value is -1.86. The van der Waals surface area contributed by atoms with Crippen LogP contribution >= 0.6 is 0 Å². The number of benzene rings is 1. The number of hydrogen-bond donors (Lipinski definition) is 2. The van der Waals surface area contributed by atoms with Gasteiger partial charge in [-0.25, -0.2) is 13.1 Å². The van der Waals surface area contributed by atoms with Gasteiger partial charge in [-0.05, 0) is 25.5 Å². The van der Waals surface area contributed by atoms with Crippen molar-refractivity contribution in [2.45, 2.75) is 19.1 Å². The fourth-order valence-corrected chi connectivity index (χ4v) is 3.42. The van der Waals surface area contributed by atoms with Crippen molar-refractivity contribution in [3.63, 3.8) is 0 Å². The summed E-state index contributed by atoms with van der Waals surface area (Å²) in [5, 5.41) is 0.275. The molecule has 21 heavy (non-hydrogen) atoms. The SMILES string of the molecule is Cc1[nH]c2c(C(=O)NS(=O)(=O)C3COC3)cccc2c1C. The number of carbonyl (C=O) groups excluding carboxylic acids is 1. The molecule has 0 bridgehead atoms. The van der Waals surface area contributed by atoms with Gasteiger partial charge in [0, 0.05) is 11.1 Å². The van der Waals surface area contributed by atoms with Crippen LogP contribution in [0.25, 0.3) is 10.9 Å². The highest BCUT2D eigenvalue weighted by molar-refractivity contribution is 7.90. The highest BCUT2D eigenvalue weighted by Gasteiger charge is 2.34. The highest BCUT2D eigenvalue weighted by atomic mass is 32.2. The summed E-state index contributed by atoms with van der Waals surface area (Å²) < 4.78 is 31.0. The minimum absolute atomic E-state index is 0.132. The van der Waals surface area contributed by atoms with Crippen molar-refractivity contribution in [2.24, 2.45) is 0 Å². The normalized spacial score (nSPS) is 15.9. The van der Waals surface area contributed by atoms with Crippen LogP contribution in [0.1, 0.15) is 21.6 Å². The summed E-state index contributed by atoms with van der Waals surface area (Å²) in [6, 6.07) is 5.26. The fourth-order valence-electron chi connectivity index (χ4n) is 2.33. The van der Waals surface area contributed by atoms with Gasteiger partial charge < -0.3 is 9.72 Å². The van der Waals surface area contributed by atoms with E-state index in [0.717, 1.165) is 16.6 Å². The molecule has 2 aromatic rings. The molecule has 0 aliphatic carbocycles. The maximum absolute atomic E-state index is 12.3. The van der Waals surface area contributed by atoms with Gasteiger partial charge in [-0.3, -0.25) is 4.79 Å². The zero-order valence-corrected chi connectivity index (χ0v) is 12.6. The number of aromatic nitrogens is 1. The van der Waals surface area contributed by atoms with Crippen LogP contribution in [0.5, 0.6) is 0 Å². The van der Waals surface area contributed by atoms with E-state index in [1.165, 1.54) is 0 Å². The zero-order chi connectivity index (χ0) is 15.2. The summed E-state index contributed by atoms with van der Waals surface area (Å²) in [5.74, 6) is -0.617. The number of H-pyrrole nitrogens is 1. The summed E-state index contributed by atoms with van der Waals surface area (Å²) in [6.07, 6.45) is 0. The number of para-hydroxylation sites is 1. The number of sulfonamides is 1. The molecule has 1 aliphatic heterocycles. The quantitative estimate of drug-likeness (QED) is 0.893. The van der Waals surface area contributed by atoms with Crippen LogP contribution in [0.2, 0.25) is 0 Å². The summed E-state index contributed by atoms with van der Waals surface area (Å²) in [7, 11) is -3.68. The number of fused-ring (bicyclic) bond motifs is 1. The number of aryl methyl sites for hydroxylation is 2. The average molecular weight is 308 g/mol. The van der Waals surface area contributed by atoms with Gasteiger partial charge in [0.1, 0.15) is 5.25 Å². The van der Waals surface area contributed by atoms with Gasteiger partial charge in [-0.15, -0.1) is 0 Å². The Labute approximate surface area is 122 Å². The van der Waals surface area contributed by atoms with Crippen molar-refractivity contribution in [2.75, 3.05) is 13.2 Å². The minimum Gasteiger partial charge on any atom is -0.378 e. The van der Waals surface area contributed by atoms with Gasteiger partial charge in [-0.2, -0.15) is 0 Å². The van der Waals surface area contributed by atoms with E-state index in [2.05, 4.69) is 9.71 Å². The molecule has 7 heteroatoms. The Bertz CT molecular complexity index is 819. The summed E-state index contributed by atoms with van der Waals surface area (Å²) >= 11 is 0. The molecule has 0 unspecified atom stereocenters. The zero-order valence-electron chi connectivity index (χ0n) is 11.8. The fraction of sp³-hybridized carbons (Fsp3) is 0.357. The van der Waals surface area contributed by atoms with Crippen molar-refractivity contribution in [1.29, 1.82) is 0 Å². The Morgan fingerprint density at radius 2 is 2.05 bits per heavy atom. The predicted molar refractivity (Wildman–Crippen MR) is 78.8 cm³/mol. The molecule has 0 saturated carbocycles. The lowest BCUT2D eigenvalue weighted by Crippen LogP contribution is -2.48. The monoisotopic (exact) mass is 308 g/mol. The molecule has 1 saturated heterocycles. The first-order valence-electron chi connectivity index (χ1n) is 6.62. The van der Waals surface area contributed by atoms with E-state index in [1.807, 2.05) is 19.9 Å². The number of carbonyl (C=O) groups is 1. The first kappa shape index (κ1) is 14.1. The number of ether oxygens (including phenoxy) is 1. The Morgan fingerprint density at radius 1 is 1.33 bits per heavy atom. The molecule has 1 fully saturated rings. The standard InChI is InChI=1S/C14H16N2O4S/c1-8-9(2)15-13-11(8)4-3-5-12(13)14(17)16-21(18,19)10-6-20-7-10/h3-5,10,15H,6-7H2,1-2H3,(H,16,17). The Balaban J connectivity index is 1.97. The first-order valence-corrected chi connectivity index (χ1v) is 8.16. The van der Waals surface area contributed by atoms with Gasteiger partial charge in [0.05, 0.1) is 24.3 Å². The number of amides is 1. The molecule has 1 aromatic carbocycles. The largest absolute Gasteiger partial charge is 0.378 e. The van der Waals surface area contributed by atoms with Gasteiger partial charge in [0.25, 0.3) is 5.91 Å². The highest BCUT2D eigenvalue weighted by Crippen LogP contribution is 2.24. The number of aromatic amines is 1. The van der Waals surface area contributed by atoms with E-state index in [4.69, 9.17) is 4.74 Å². The van der Waals surface area contributed by atoms with Crippen molar-refractivity contribution in [3.05, 3.63) is 35.0 Å². The van der Waals surface area contributed by atoms with E-state index < -0.39 is 21.2 Å². The Morgan fingerprint density at radius 3 is 2.67 bits per heavy atom. The second-order valence-electron chi connectivity index (χ2n) is 5.24. The lowest BCUT2D eigenvalue weighted by Gasteiger charge is -2.25. The molecule has 0 spiro atoms. The Kier molecular flexibility index (Phi) is 3.26. The molecule has 2 N–H and O–H groups in total. The molecule has 1 aliphatic rings. The van der Waals surface area contributed by atoms with Crippen LogP contribution in [-0.2, 0) is 14.8 Å². The molecule has 0 radical (unpaired) electrons. The van der Waals surface area contributed by atoms with E-state index in [-0.39, 0.29) is 13.2 Å². The van der Waals surface area contributed by atoms with E-state index in [9.17, 15) is 13.2 Å². The van der Waals surface area contributed by atoms with Crippen LogP contribution in [0, 0.1) is 13.8 Å². The van der Waals surface area contributed by atoms with Crippen molar-refractivity contribution in [3.8, 4) is 0 Å². The molecule has 112 valence electrons. The van der Waals surface area contributed by atoms with Crippen LogP contribution in [-0.4, -0.2) is 37.8 Å². The third-order valence-electron chi connectivity index (χ3n) is 3.87. The second kappa shape index (κ2) is 4.85. The van der Waals surface area contributed by atoms with E-state index in [1.54, 1.807) is 12.1 Å². The van der Waals surface area contributed by atoms with Gasteiger partial charge in [0.15, 0.2) is 0 Å². The molecule has 1 amide bonds. The van der Waals surface area contributed by atoms with Crippen LogP contribution in [0.15, 0.2) is 18.2 Å². The number of nitrogens with one attached hydrogen (secondary N) is 2. The molecule has 6 nitrogen and oxygen atoms in total. The van der Waals surface area contributed by atoms with Crippen molar-refractivity contribution < 1.29 is 17.9 Å². The molecule has 2 heterocycles. The van der Waals surface area contributed by atoms with Crippen molar-refractivity contribution in [1.82, 2.24) is 9.71 Å². The lowest BCUT2D eigenvalue weighted by atomic mass is 10.1. The summed E-state index contributed by atoms with van der Waals surface area (Å²) in [4.78, 5) is 15.4. The van der Waals surface area contributed by atoms with Crippen LogP contribution in [0.4, 0.5) is 0 Å². The van der Waals surface area contributed by atoms with Gasteiger partial charge in [-0.1, -0.05) is 12.1 Å². The first-order chi connectivity index (χ1) is 9.90. The smallest absolute Gasteiger partial charge is 0.266 e. The third-order valence-corrected chi connectivity index (χ3v) is 5.49. The molecular weight excluding hydrogens is 292 g/mol. The topological polar surface area (TPSA) is 88.3 Å². The summed E-state index contributed by atoms with van der Waals surface area (Å²) in [5.41, 5.74) is 2.99. The molecular formula is C14H16N2O4S. The molecule has 1 aromatic heterocycles. The van der Waals surface area contributed by atoms with Crippen molar-refractivity contribution >= 4 is 26.8 Å². The number of rotatable bonds is 3.